The zero-order chi connectivity index (χ0) is 17.2. The van der Waals surface area contributed by atoms with E-state index >= 15 is 0 Å². The second kappa shape index (κ2) is 10.1. The van der Waals surface area contributed by atoms with E-state index < -0.39 is 0 Å². The Morgan fingerprint density at radius 2 is 1.95 bits per heavy atom. The highest BCUT2D eigenvalue weighted by Gasteiger charge is 2.14. The molecule has 0 bridgehead atoms. The number of hydrogen-bond acceptors (Lipinski definition) is 2. The number of hydrogen-bond donors (Lipinski definition) is 1. The van der Waals surface area contributed by atoms with Gasteiger partial charge in [-0.1, -0.05) is 52.3 Å². The number of aliphatic imine (C=N–C) groups is 1. The Morgan fingerprint density at radius 1 is 1.32 bits per heavy atom. The zero-order valence-corrected chi connectivity index (χ0v) is 15.3. The molecular weight excluding hydrogens is 272 g/mol. The van der Waals surface area contributed by atoms with Crippen LogP contribution < -0.4 is 5.32 Å². The lowest BCUT2D eigenvalue weighted by Crippen LogP contribution is -2.24. The average Bonchev–Trinajstić information content (AvgIpc) is 2.48. The molecule has 3 nitrogen and oxygen atoms in total. The third-order valence-corrected chi connectivity index (χ3v) is 3.47. The Bertz CT molecular complexity index is 474. The Labute approximate surface area is 136 Å². The van der Waals surface area contributed by atoms with E-state index in [0.717, 1.165) is 24.3 Å². The molecule has 0 saturated heterocycles. The van der Waals surface area contributed by atoms with Gasteiger partial charge in [-0.3, -0.25) is 9.79 Å². The summed E-state index contributed by atoms with van der Waals surface area (Å²) in [5.74, 6) is -0.0126. The molecule has 1 aliphatic rings. The van der Waals surface area contributed by atoms with Crippen LogP contribution in [0.4, 0.5) is 0 Å². The molecule has 1 N–H and O–H groups in total. The van der Waals surface area contributed by atoms with E-state index in [1.807, 2.05) is 26.0 Å². The van der Waals surface area contributed by atoms with Crippen LogP contribution in [-0.2, 0) is 4.79 Å². The van der Waals surface area contributed by atoms with Gasteiger partial charge in [0.05, 0.1) is 6.42 Å². The van der Waals surface area contributed by atoms with Gasteiger partial charge in [-0.25, -0.2) is 0 Å². The van der Waals surface area contributed by atoms with Crippen LogP contribution in [0.5, 0.6) is 0 Å². The summed E-state index contributed by atoms with van der Waals surface area (Å²) in [6.45, 7) is 12.5. The number of amides is 1. The number of nitrogens with one attached hydrogen (secondary N) is 1. The summed E-state index contributed by atoms with van der Waals surface area (Å²) in [6.07, 6.45) is 10.5. The van der Waals surface area contributed by atoms with Crippen LogP contribution >= 0.6 is 0 Å². The lowest BCUT2D eigenvalue weighted by atomic mass is 9.86. The van der Waals surface area contributed by atoms with Crippen LogP contribution in [0.15, 0.2) is 40.6 Å². The van der Waals surface area contributed by atoms with Crippen LogP contribution in [0.25, 0.3) is 0 Å². The van der Waals surface area contributed by atoms with Gasteiger partial charge in [0, 0.05) is 18.5 Å². The molecule has 1 rings (SSSR count). The minimum atomic E-state index is -0.0126. The summed E-state index contributed by atoms with van der Waals surface area (Å²) in [4.78, 5) is 16.2. The van der Waals surface area contributed by atoms with Crippen molar-refractivity contribution in [3.05, 3.63) is 35.6 Å². The molecule has 1 amide bonds. The lowest BCUT2D eigenvalue weighted by Gasteiger charge is -2.19. The fraction of sp³-hybridized carbons (Fsp3) is 0.579. The van der Waals surface area contributed by atoms with E-state index in [0.29, 0.717) is 6.42 Å². The lowest BCUT2D eigenvalue weighted by molar-refractivity contribution is -0.119. The first-order valence-corrected chi connectivity index (χ1v) is 8.14. The van der Waals surface area contributed by atoms with E-state index in [4.69, 9.17) is 0 Å². The molecule has 0 spiro atoms. The van der Waals surface area contributed by atoms with Crippen molar-refractivity contribution >= 4 is 11.6 Å². The number of nitrogens with zero attached hydrogens (tertiary/aromatic N) is 1. The molecule has 0 unspecified atom stereocenters. The summed E-state index contributed by atoms with van der Waals surface area (Å²) in [7, 11) is 1.73. The van der Waals surface area contributed by atoms with Crippen molar-refractivity contribution < 1.29 is 4.79 Å². The first-order chi connectivity index (χ1) is 10.3. The van der Waals surface area contributed by atoms with Gasteiger partial charge in [0.25, 0.3) is 0 Å². The van der Waals surface area contributed by atoms with Crippen LogP contribution in [0.3, 0.4) is 0 Å². The van der Waals surface area contributed by atoms with Gasteiger partial charge >= 0.3 is 0 Å². The Kier molecular flexibility index (Phi) is 9.39. The van der Waals surface area contributed by atoms with Crippen LogP contribution in [0.2, 0.25) is 0 Å². The molecule has 0 radical (unpaired) electrons. The minimum Gasteiger partial charge on any atom is -0.326 e. The number of allylic oxidation sites excluding steroid dienone is 5. The molecule has 124 valence electrons. The summed E-state index contributed by atoms with van der Waals surface area (Å²) >= 11 is 0. The monoisotopic (exact) mass is 304 g/mol. The maximum Gasteiger partial charge on any atom is 0.230 e. The van der Waals surface area contributed by atoms with Crippen molar-refractivity contribution in [3.8, 4) is 0 Å². The molecule has 3 heteroatoms. The van der Waals surface area contributed by atoms with Gasteiger partial charge in [-0.2, -0.15) is 0 Å². The third-order valence-electron chi connectivity index (χ3n) is 3.47. The van der Waals surface area contributed by atoms with E-state index in [-0.39, 0.29) is 11.3 Å². The highest BCUT2D eigenvalue weighted by Crippen LogP contribution is 2.24. The summed E-state index contributed by atoms with van der Waals surface area (Å²) in [6, 6.07) is 0. The molecular formula is C19H32N2O. The minimum absolute atomic E-state index is 0.0126. The average molecular weight is 304 g/mol. The highest BCUT2D eigenvalue weighted by atomic mass is 16.1. The van der Waals surface area contributed by atoms with Crippen molar-refractivity contribution in [2.24, 2.45) is 10.4 Å². The second-order valence-corrected chi connectivity index (χ2v) is 6.16. The molecule has 1 aliphatic carbocycles. The number of rotatable bonds is 4. The molecule has 0 aromatic heterocycles. The van der Waals surface area contributed by atoms with Gasteiger partial charge in [0.15, 0.2) is 0 Å². The zero-order valence-electron chi connectivity index (χ0n) is 15.3. The maximum absolute atomic E-state index is 12.0. The Balaban J connectivity index is 0.00000211. The van der Waals surface area contributed by atoms with Gasteiger partial charge in [0.2, 0.25) is 5.91 Å². The van der Waals surface area contributed by atoms with Gasteiger partial charge in [-0.15, -0.1) is 0 Å². The maximum atomic E-state index is 12.0. The van der Waals surface area contributed by atoms with E-state index in [1.165, 1.54) is 5.57 Å². The summed E-state index contributed by atoms with van der Waals surface area (Å²) < 4.78 is 0. The van der Waals surface area contributed by atoms with Gasteiger partial charge in [0.1, 0.15) is 0 Å². The molecule has 0 atom stereocenters. The van der Waals surface area contributed by atoms with Crippen molar-refractivity contribution in [2.75, 3.05) is 7.05 Å². The van der Waals surface area contributed by atoms with E-state index in [2.05, 4.69) is 50.2 Å². The van der Waals surface area contributed by atoms with Gasteiger partial charge < -0.3 is 5.32 Å². The first kappa shape index (κ1) is 20.4. The summed E-state index contributed by atoms with van der Waals surface area (Å²) in [5, 5.41) is 2.92. The predicted molar refractivity (Wildman–Crippen MR) is 97.1 cm³/mol. The van der Waals surface area contributed by atoms with Crippen molar-refractivity contribution in [3.63, 3.8) is 0 Å². The topological polar surface area (TPSA) is 41.5 Å². The third kappa shape index (κ3) is 7.96. The van der Waals surface area contributed by atoms with Crippen molar-refractivity contribution in [1.29, 1.82) is 0 Å². The standard InChI is InChI=1S/C17H26N2O.C2H6/c1-13(17(2,3)4)11-15(18-5)12-16(20)19-14-9-7-6-8-10-14;1-2/h7,9-11H,6,8,12H2,1-5H3,(H,19,20);1-2H3/b13-11+,18-15?;. The van der Waals surface area contributed by atoms with Crippen LogP contribution in [0.1, 0.15) is 60.8 Å². The van der Waals surface area contributed by atoms with Crippen molar-refractivity contribution in [1.82, 2.24) is 5.32 Å². The van der Waals surface area contributed by atoms with E-state index in [9.17, 15) is 4.79 Å². The molecule has 0 saturated carbocycles. The quantitative estimate of drug-likeness (QED) is 0.744. The molecule has 0 aromatic rings. The molecule has 22 heavy (non-hydrogen) atoms. The van der Waals surface area contributed by atoms with E-state index in [1.54, 1.807) is 7.05 Å². The van der Waals surface area contributed by atoms with Crippen LogP contribution in [0, 0.1) is 5.41 Å². The Hall–Kier alpha value is -1.64. The predicted octanol–water partition coefficient (Wildman–Crippen LogP) is 4.82. The highest BCUT2D eigenvalue weighted by molar-refractivity contribution is 6.07. The number of carbonyl (C=O) groups is 1. The normalized spacial score (nSPS) is 15.7. The van der Waals surface area contributed by atoms with Crippen LogP contribution in [-0.4, -0.2) is 18.7 Å². The Morgan fingerprint density at radius 3 is 2.41 bits per heavy atom. The molecule has 0 aromatic carbocycles. The SMILES string of the molecule is CC.CN=C(/C=C(\C)C(C)(C)C)CC(=O)NC1=CCCC=C1. The molecule has 0 fully saturated rings. The van der Waals surface area contributed by atoms with Gasteiger partial charge in [-0.05, 0) is 37.3 Å². The smallest absolute Gasteiger partial charge is 0.230 e. The largest absolute Gasteiger partial charge is 0.326 e. The molecule has 0 aliphatic heterocycles. The molecule has 0 heterocycles. The number of carbonyl (C=O) groups excluding carboxylic acids is 1. The first-order valence-electron chi connectivity index (χ1n) is 8.14. The summed E-state index contributed by atoms with van der Waals surface area (Å²) in [5.41, 5.74) is 3.03. The fourth-order valence-electron chi connectivity index (χ4n) is 1.74. The fourth-order valence-corrected chi connectivity index (χ4v) is 1.74. The van der Waals surface area contributed by atoms with Crippen molar-refractivity contribution in [2.45, 2.75) is 60.8 Å². The second-order valence-electron chi connectivity index (χ2n) is 6.16.